The number of likely N-dealkylation sites (N-methyl/N-ethyl adjacent to an activating group) is 1. The molecule has 0 atom stereocenters. The van der Waals surface area contributed by atoms with Gasteiger partial charge in [-0.25, -0.2) is 19.6 Å². The minimum absolute atomic E-state index is 0.0380. The summed E-state index contributed by atoms with van der Waals surface area (Å²) in [6.07, 6.45) is 7.96. The lowest BCUT2D eigenvalue weighted by molar-refractivity contribution is 0.151. The van der Waals surface area contributed by atoms with E-state index >= 15 is 0 Å². The summed E-state index contributed by atoms with van der Waals surface area (Å²) in [4.78, 5) is 24.3. The van der Waals surface area contributed by atoms with E-state index in [1.807, 2.05) is 24.4 Å². The average molecular weight is 519 g/mol. The van der Waals surface area contributed by atoms with Crippen molar-refractivity contribution < 1.29 is 13.9 Å². The Balaban J connectivity index is 1.10. The molecule has 4 aromatic rings. The van der Waals surface area contributed by atoms with Crippen molar-refractivity contribution in [2.24, 2.45) is 5.10 Å². The largest absolute Gasteiger partial charge is 0.453 e. The number of pyridine rings is 1. The predicted octanol–water partition coefficient (Wildman–Crippen LogP) is 4.09. The minimum Gasteiger partial charge on any atom is -0.453 e. The molecule has 0 unspecified atom stereocenters. The number of aromatic amines is 1. The molecule has 1 aromatic carbocycles. The lowest BCUT2D eigenvalue weighted by Gasteiger charge is -2.32. The molecule has 1 aliphatic heterocycles. The van der Waals surface area contributed by atoms with Crippen molar-refractivity contribution in [3.8, 4) is 11.5 Å². The first kappa shape index (κ1) is 25.4. The molecule has 1 aliphatic rings. The SMILES string of the molecule is CN1CCN(CCCn2cccc2/C=N/NC(=O)Nc2ccc(Oc3ccnc4[nH]ccc34)c(F)c2)CC1. The van der Waals surface area contributed by atoms with E-state index in [2.05, 4.69) is 47.2 Å². The topological polar surface area (TPSA) is 103 Å². The van der Waals surface area contributed by atoms with Gasteiger partial charge in [0.25, 0.3) is 0 Å². The highest BCUT2D eigenvalue weighted by atomic mass is 19.1. The number of hydrogen-bond acceptors (Lipinski definition) is 6. The minimum atomic E-state index is -0.610. The molecule has 0 bridgehead atoms. The molecule has 0 saturated carbocycles. The van der Waals surface area contributed by atoms with Gasteiger partial charge in [0.1, 0.15) is 11.4 Å². The predicted molar refractivity (Wildman–Crippen MR) is 145 cm³/mol. The Hall–Kier alpha value is -4.22. The van der Waals surface area contributed by atoms with Gasteiger partial charge in [-0.05, 0) is 56.4 Å². The van der Waals surface area contributed by atoms with E-state index < -0.39 is 11.8 Å². The first-order valence-electron chi connectivity index (χ1n) is 12.6. The summed E-state index contributed by atoms with van der Waals surface area (Å²) in [5.41, 5.74) is 4.24. The maximum atomic E-state index is 14.7. The highest BCUT2D eigenvalue weighted by Crippen LogP contribution is 2.31. The van der Waals surface area contributed by atoms with Crippen molar-refractivity contribution >= 4 is 29.0 Å². The Bertz CT molecular complexity index is 1410. The molecule has 2 amide bonds. The Morgan fingerprint density at radius 1 is 1.16 bits per heavy atom. The number of piperazine rings is 1. The number of carbonyl (C=O) groups excluding carboxylic acids is 1. The molecule has 10 nitrogen and oxygen atoms in total. The standard InChI is InChI=1S/C27H31FN8O2/c1-34-14-16-35(17-15-34)11-3-13-36-12-2-4-21(36)19-31-33-27(37)32-20-5-6-25(23(28)18-20)38-24-8-10-30-26-22(24)7-9-29-26/h2,4-10,12,18-19H,3,11,13-17H2,1H3,(H,29,30)(H2,32,33,37)/b31-19+. The van der Waals surface area contributed by atoms with Crippen molar-refractivity contribution in [1.82, 2.24) is 29.8 Å². The van der Waals surface area contributed by atoms with Gasteiger partial charge in [-0.1, -0.05) is 0 Å². The van der Waals surface area contributed by atoms with Gasteiger partial charge < -0.3 is 29.4 Å². The second-order valence-corrected chi connectivity index (χ2v) is 9.25. The number of rotatable bonds is 9. The van der Waals surface area contributed by atoms with Crippen molar-refractivity contribution in [3.05, 3.63) is 72.6 Å². The molecule has 3 N–H and O–H groups in total. The van der Waals surface area contributed by atoms with Crippen LogP contribution < -0.4 is 15.5 Å². The molecular weight excluding hydrogens is 487 g/mol. The summed E-state index contributed by atoms with van der Waals surface area (Å²) >= 11 is 0. The number of nitrogens with one attached hydrogen (secondary N) is 3. The second kappa shape index (κ2) is 11.9. The molecule has 0 aliphatic carbocycles. The number of fused-ring (bicyclic) bond motifs is 1. The fourth-order valence-electron chi connectivity index (χ4n) is 4.40. The van der Waals surface area contributed by atoms with Gasteiger partial charge >= 0.3 is 6.03 Å². The summed E-state index contributed by atoms with van der Waals surface area (Å²) in [5, 5.41) is 7.37. The molecular formula is C27H31FN8O2. The third kappa shape index (κ3) is 6.36. The lowest BCUT2D eigenvalue weighted by Crippen LogP contribution is -2.44. The van der Waals surface area contributed by atoms with Crippen LogP contribution in [0.25, 0.3) is 11.0 Å². The molecule has 0 radical (unpaired) electrons. The number of anilines is 1. The monoisotopic (exact) mass is 518 g/mol. The molecule has 1 fully saturated rings. The lowest BCUT2D eigenvalue weighted by atomic mass is 10.2. The number of halogens is 1. The van der Waals surface area contributed by atoms with E-state index in [4.69, 9.17) is 4.74 Å². The van der Waals surface area contributed by atoms with Crippen molar-refractivity contribution in [2.45, 2.75) is 13.0 Å². The maximum Gasteiger partial charge on any atom is 0.339 e. The van der Waals surface area contributed by atoms with E-state index in [1.54, 1.807) is 30.7 Å². The van der Waals surface area contributed by atoms with Gasteiger partial charge in [0.05, 0.1) is 17.3 Å². The highest BCUT2D eigenvalue weighted by Gasteiger charge is 2.13. The van der Waals surface area contributed by atoms with Crippen molar-refractivity contribution in [1.29, 1.82) is 0 Å². The van der Waals surface area contributed by atoms with E-state index in [1.165, 1.54) is 12.1 Å². The van der Waals surface area contributed by atoms with E-state index in [0.29, 0.717) is 11.4 Å². The van der Waals surface area contributed by atoms with Gasteiger partial charge in [-0.15, -0.1) is 0 Å². The molecule has 3 aromatic heterocycles. The number of benzene rings is 1. The Labute approximate surface area is 220 Å². The molecule has 38 heavy (non-hydrogen) atoms. The second-order valence-electron chi connectivity index (χ2n) is 9.25. The van der Waals surface area contributed by atoms with Crippen LogP contribution in [0, 0.1) is 5.82 Å². The zero-order valence-corrected chi connectivity index (χ0v) is 21.2. The van der Waals surface area contributed by atoms with Crippen LogP contribution in [0.1, 0.15) is 12.1 Å². The average Bonchev–Trinajstić information content (AvgIpc) is 3.57. The number of hydrazone groups is 1. The Kier molecular flexibility index (Phi) is 7.95. The number of hydrogen-bond donors (Lipinski definition) is 3. The van der Waals surface area contributed by atoms with Gasteiger partial charge in [-0.2, -0.15) is 5.10 Å². The molecule has 4 heterocycles. The number of nitrogens with zero attached hydrogens (tertiary/aromatic N) is 5. The van der Waals surface area contributed by atoms with E-state index in [-0.39, 0.29) is 11.4 Å². The van der Waals surface area contributed by atoms with E-state index in [9.17, 15) is 9.18 Å². The van der Waals surface area contributed by atoms with Gasteiger partial charge in [-0.3, -0.25) is 0 Å². The van der Waals surface area contributed by atoms with Crippen LogP contribution in [0.3, 0.4) is 0 Å². The van der Waals surface area contributed by atoms with Crippen LogP contribution in [0.4, 0.5) is 14.9 Å². The first-order valence-corrected chi connectivity index (χ1v) is 12.6. The van der Waals surface area contributed by atoms with Crippen molar-refractivity contribution in [2.75, 3.05) is 45.1 Å². The van der Waals surface area contributed by atoms with Gasteiger partial charge in [0.15, 0.2) is 11.6 Å². The normalized spacial score (nSPS) is 14.8. The van der Waals surface area contributed by atoms with Crippen LogP contribution in [0.2, 0.25) is 0 Å². The number of amides is 2. The quantitative estimate of drug-likeness (QED) is 0.229. The summed E-state index contributed by atoms with van der Waals surface area (Å²) in [7, 11) is 2.16. The van der Waals surface area contributed by atoms with Crippen molar-refractivity contribution in [3.63, 3.8) is 0 Å². The zero-order chi connectivity index (χ0) is 26.3. The number of aryl methyl sites for hydroxylation is 1. The van der Waals surface area contributed by atoms with Crippen LogP contribution in [0.15, 0.2) is 66.2 Å². The number of H-pyrrole nitrogens is 1. The fraction of sp³-hybridized carbons (Fsp3) is 0.296. The van der Waals surface area contributed by atoms with Crippen LogP contribution in [-0.2, 0) is 6.54 Å². The summed E-state index contributed by atoms with van der Waals surface area (Å²) in [6.45, 7) is 6.37. The number of aromatic nitrogens is 3. The molecule has 0 spiro atoms. The Morgan fingerprint density at radius 3 is 2.87 bits per heavy atom. The molecule has 11 heteroatoms. The third-order valence-corrected chi connectivity index (χ3v) is 6.53. The Morgan fingerprint density at radius 2 is 2.03 bits per heavy atom. The van der Waals surface area contributed by atoms with Crippen LogP contribution in [-0.4, -0.2) is 76.4 Å². The maximum absolute atomic E-state index is 14.7. The molecule has 198 valence electrons. The summed E-state index contributed by atoms with van der Waals surface area (Å²) in [5.74, 6) is -0.0933. The third-order valence-electron chi connectivity index (χ3n) is 6.53. The molecule has 1 saturated heterocycles. The van der Waals surface area contributed by atoms with Crippen LogP contribution >= 0.6 is 0 Å². The summed E-state index contributed by atoms with van der Waals surface area (Å²) < 4.78 is 22.5. The molecule has 5 rings (SSSR count). The number of urea groups is 1. The highest BCUT2D eigenvalue weighted by molar-refractivity contribution is 5.90. The van der Waals surface area contributed by atoms with Gasteiger partial charge in [0.2, 0.25) is 0 Å². The summed E-state index contributed by atoms with van der Waals surface area (Å²) in [6, 6.07) is 11.0. The van der Waals surface area contributed by atoms with Gasteiger partial charge in [0, 0.05) is 63.1 Å². The number of ether oxygens (including phenoxy) is 1. The van der Waals surface area contributed by atoms with E-state index in [0.717, 1.165) is 56.8 Å². The fourth-order valence-corrected chi connectivity index (χ4v) is 4.40. The smallest absolute Gasteiger partial charge is 0.339 e. The first-order chi connectivity index (χ1) is 18.5. The van der Waals surface area contributed by atoms with Crippen LogP contribution in [0.5, 0.6) is 11.5 Å². The zero-order valence-electron chi connectivity index (χ0n) is 21.2. The number of carbonyl (C=O) groups is 1.